The summed E-state index contributed by atoms with van der Waals surface area (Å²) in [5.74, 6) is 0. The first kappa shape index (κ1) is 8.17. The van der Waals surface area contributed by atoms with Crippen LogP contribution in [0.5, 0.6) is 0 Å². The van der Waals surface area contributed by atoms with Crippen molar-refractivity contribution in [1.29, 1.82) is 0 Å². The maximum atomic E-state index is 8.66. The van der Waals surface area contributed by atoms with Crippen molar-refractivity contribution in [2.24, 2.45) is 0 Å². The zero-order valence-corrected chi connectivity index (χ0v) is 7.78. The van der Waals surface area contributed by atoms with Gasteiger partial charge in [0, 0.05) is 16.4 Å². The predicted molar refractivity (Wildman–Crippen MR) is 45.5 cm³/mol. The van der Waals surface area contributed by atoms with E-state index in [-0.39, 0.29) is 6.61 Å². The topological polar surface area (TPSA) is 33.1 Å². The highest BCUT2D eigenvalue weighted by molar-refractivity contribution is 9.09. The Labute approximate surface area is 72.0 Å². The van der Waals surface area contributed by atoms with Crippen LogP contribution in [0, 0.1) is 0 Å². The van der Waals surface area contributed by atoms with Crippen molar-refractivity contribution in [3.05, 3.63) is 16.1 Å². The summed E-state index contributed by atoms with van der Waals surface area (Å²) in [6.07, 6.45) is 2.81. The number of aliphatic hydroxyl groups excluding tert-OH is 1. The monoisotopic (exact) mass is 221 g/mol. The summed E-state index contributed by atoms with van der Waals surface area (Å²) < 4.78 is 0. The van der Waals surface area contributed by atoms with Crippen LogP contribution in [0.2, 0.25) is 0 Å². The van der Waals surface area contributed by atoms with E-state index in [0.717, 1.165) is 16.8 Å². The molecule has 0 radical (unpaired) electrons. The second kappa shape index (κ2) is 4.05. The molecular weight excluding hydrogens is 214 g/mol. The molecular formula is C6H8BrNOS. The van der Waals surface area contributed by atoms with E-state index in [9.17, 15) is 0 Å². The van der Waals surface area contributed by atoms with E-state index in [1.54, 1.807) is 11.3 Å². The first-order valence-corrected chi connectivity index (χ1v) is 4.91. The molecule has 1 rings (SSSR count). The van der Waals surface area contributed by atoms with Crippen LogP contribution >= 0.6 is 27.3 Å². The molecule has 1 heterocycles. The number of rotatable bonds is 3. The van der Waals surface area contributed by atoms with Crippen LogP contribution in [0.15, 0.2) is 6.20 Å². The summed E-state index contributed by atoms with van der Waals surface area (Å²) in [5, 5.41) is 10.4. The summed E-state index contributed by atoms with van der Waals surface area (Å²) in [6, 6.07) is 0. The van der Waals surface area contributed by atoms with Crippen molar-refractivity contribution in [3.8, 4) is 0 Å². The SMILES string of the molecule is OCc1ncc(CCBr)s1. The normalized spacial score (nSPS) is 10.2. The maximum Gasteiger partial charge on any atom is 0.118 e. The van der Waals surface area contributed by atoms with E-state index < -0.39 is 0 Å². The second-order valence-electron chi connectivity index (χ2n) is 1.82. The standard InChI is InChI=1S/C6H8BrNOS/c7-2-1-5-3-8-6(4-9)10-5/h3,9H,1-2,4H2. The largest absolute Gasteiger partial charge is 0.389 e. The van der Waals surface area contributed by atoms with Gasteiger partial charge >= 0.3 is 0 Å². The summed E-state index contributed by atoms with van der Waals surface area (Å²) in [5.41, 5.74) is 0. The average molecular weight is 222 g/mol. The lowest BCUT2D eigenvalue weighted by Crippen LogP contribution is -1.76. The van der Waals surface area contributed by atoms with Crippen LogP contribution < -0.4 is 0 Å². The molecule has 1 N–H and O–H groups in total. The van der Waals surface area contributed by atoms with Gasteiger partial charge in [-0.1, -0.05) is 15.9 Å². The van der Waals surface area contributed by atoms with Gasteiger partial charge in [0.05, 0.1) is 6.61 Å². The molecule has 1 aromatic heterocycles. The average Bonchev–Trinajstić information content (AvgIpc) is 2.37. The van der Waals surface area contributed by atoms with Gasteiger partial charge in [0.2, 0.25) is 0 Å². The Morgan fingerprint density at radius 2 is 2.50 bits per heavy atom. The third-order valence-corrected chi connectivity index (χ3v) is 2.52. The van der Waals surface area contributed by atoms with Gasteiger partial charge in [0.15, 0.2) is 0 Å². The lowest BCUT2D eigenvalue weighted by atomic mass is 10.4. The van der Waals surface area contributed by atoms with E-state index in [0.29, 0.717) is 0 Å². The minimum absolute atomic E-state index is 0.0625. The first-order chi connectivity index (χ1) is 4.86. The lowest BCUT2D eigenvalue weighted by molar-refractivity contribution is 0.281. The van der Waals surface area contributed by atoms with Gasteiger partial charge in [-0.2, -0.15) is 0 Å². The minimum Gasteiger partial charge on any atom is -0.389 e. The Bertz CT molecular complexity index is 201. The molecule has 0 atom stereocenters. The zero-order chi connectivity index (χ0) is 7.40. The van der Waals surface area contributed by atoms with Crippen molar-refractivity contribution < 1.29 is 5.11 Å². The van der Waals surface area contributed by atoms with Crippen molar-refractivity contribution in [2.75, 3.05) is 5.33 Å². The fourth-order valence-corrected chi connectivity index (χ4v) is 2.10. The number of halogens is 1. The van der Waals surface area contributed by atoms with Crippen LogP contribution in [0.3, 0.4) is 0 Å². The van der Waals surface area contributed by atoms with Gasteiger partial charge in [0.25, 0.3) is 0 Å². The van der Waals surface area contributed by atoms with E-state index in [1.807, 2.05) is 6.20 Å². The first-order valence-electron chi connectivity index (χ1n) is 2.97. The Kier molecular flexibility index (Phi) is 3.31. The molecule has 0 aliphatic rings. The smallest absolute Gasteiger partial charge is 0.118 e. The molecule has 4 heteroatoms. The highest BCUT2D eigenvalue weighted by Gasteiger charge is 1.98. The quantitative estimate of drug-likeness (QED) is 0.787. The number of alkyl halides is 1. The molecule has 0 fully saturated rings. The molecule has 0 bridgehead atoms. The summed E-state index contributed by atoms with van der Waals surface area (Å²) in [6.45, 7) is 0.0625. The summed E-state index contributed by atoms with van der Waals surface area (Å²) in [4.78, 5) is 5.22. The number of thiazole rings is 1. The molecule has 0 unspecified atom stereocenters. The molecule has 2 nitrogen and oxygen atoms in total. The van der Waals surface area contributed by atoms with Crippen LogP contribution in [-0.2, 0) is 13.0 Å². The van der Waals surface area contributed by atoms with Crippen LogP contribution in [-0.4, -0.2) is 15.4 Å². The van der Waals surface area contributed by atoms with Gasteiger partial charge in [-0.3, -0.25) is 0 Å². The van der Waals surface area contributed by atoms with Crippen molar-refractivity contribution in [3.63, 3.8) is 0 Å². The van der Waals surface area contributed by atoms with E-state index in [2.05, 4.69) is 20.9 Å². The third kappa shape index (κ3) is 2.04. The van der Waals surface area contributed by atoms with Crippen LogP contribution in [0.25, 0.3) is 0 Å². The molecule has 0 spiro atoms. The Hall–Kier alpha value is 0.0700. The van der Waals surface area contributed by atoms with Gasteiger partial charge < -0.3 is 5.11 Å². The predicted octanol–water partition coefficient (Wildman–Crippen LogP) is 1.57. The van der Waals surface area contributed by atoms with E-state index in [4.69, 9.17) is 5.11 Å². The number of nitrogens with zero attached hydrogens (tertiary/aromatic N) is 1. The molecule has 0 saturated heterocycles. The van der Waals surface area contributed by atoms with Gasteiger partial charge in [0.1, 0.15) is 5.01 Å². The molecule has 0 amide bonds. The fraction of sp³-hybridized carbons (Fsp3) is 0.500. The highest BCUT2D eigenvalue weighted by Crippen LogP contribution is 2.13. The maximum absolute atomic E-state index is 8.66. The van der Waals surface area contributed by atoms with E-state index in [1.165, 1.54) is 4.88 Å². The van der Waals surface area contributed by atoms with Crippen molar-refractivity contribution >= 4 is 27.3 Å². The molecule has 10 heavy (non-hydrogen) atoms. The second-order valence-corrected chi connectivity index (χ2v) is 3.81. The number of aliphatic hydroxyl groups is 1. The Morgan fingerprint density at radius 1 is 1.70 bits per heavy atom. The summed E-state index contributed by atoms with van der Waals surface area (Å²) in [7, 11) is 0. The molecule has 0 aromatic carbocycles. The third-order valence-electron chi connectivity index (χ3n) is 1.08. The number of hydrogen-bond acceptors (Lipinski definition) is 3. The van der Waals surface area contributed by atoms with Gasteiger partial charge in [-0.15, -0.1) is 11.3 Å². The lowest BCUT2D eigenvalue weighted by Gasteiger charge is -1.85. The number of aromatic nitrogens is 1. The van der Waals surface area contributed by atoms with Crippen molar-refractivity contribution in [2.45, 2.75) is 13.0 Å². The number of aryl methyl sites for hydroxylation is 1. The molecule has 56 valence electrons. The van der Waals surface area contributed by atoms with Gasteiger partial charge in [-0.05, 0) is 6.42 Å². The molecule has 0 saturated carbocycles. The van der Waals surface area contributed by atoms with Crippen LogP contribution in [0.4, 0.5) is 0 Å². The van der Waals surface area contributed by atoms with Crippen LogP contribution in [0.1, 0.15) is 9.88 Å². The number of hydrogen-bond donors (Lipinski definition) is 1. The Balaban J connectivity index is 2.59. The van der Waals surface area contributed by atoms with Gasteiger partial charge in [-0.25, -0.2) is 4.98 Å². The molecule has 0 aliphatic carbocycles. The molecule has 1 aromatic rings. The zero-order valence-electron chi connectivity index (χ0n) is 5.38. The van der Waals surface area contributed by atoms with Crippen molar-refractivity contribution in [1.82, 2.24) is 4.98 Å². The molecule has 0 aliphatic heterocycles. The summed E-state index contributed by atoms with van der Waals surface area (Å²) >= 11 is 4.90. The highest BCUT2D eigenvalue weighted by atomic mass is 79.9. The van der Waals surface area contributed by atoms with E-state index >= 15 is 0 Å². The Morgan fingerprint density at radius 3 is 3.00 bits per heavy atom. The minimum atomic E-state index is 0.0625. The fourth-order valence-electron chi connectivity index (χ4n) is 0.630.